The molecule has 0 atom stereocenters. The van der Waals surface area contributed by atoms with Gasteiger partial charge in [0.2, 0.25) is 0 Å². The molecular weight excluding hydrogens is 376 g/mol. The third-order valence-electron chi connectivity index (χ3n) is 4.74. The molecule has 5 rings (SSSR count). The molecule has 0 fully saturated rings. The van der Waals surface area contributed by atoms with Crippen molar-refractivity contribution < 1.29 is 0 Å². The van der Waals surface area contributed by atoms with Crippen molar-refractivity contribution in [1.29, 1.82) is 0 Å². The van der Waals surface area contributed by atoms with Crippen molar-refractivity contribution in [2.45, 2.75) is 19.6 Å². The molecule has 28 heavy (non-hydrogen) atoms. The highest BCUT2D eigenvalue weighted by molar-refractivity contribution is 7.99. The normalized spacial score (nSPS) is 11.1. The van der Waals surface area contributed by atoms with Crippen LogP contribution in [0.25, 0.3) is 21.5 Å². The van der Waals surface area contributed by atoms with E-state index in [9.17, 15) is 0 Å². The summed E-state index contributed by atoms with van der Waals surface area (Å²) in [5, 5.41) is 5.19. The molecule has 5 aromatic rings. The molecule has 0 amide bonds. The topological polar surface area (TPSA) is 0 Å². The fourth-order valence-corrected chi connectivity index (χ4v) is 5.36. The zero-order valence-corrected chi connectivity index (χ0v) is 16.8. The van der Waals surface area contributed by atoms with E-state index in [4.69, 9.17) is 0 Å². The van der Waals surface area contributed by atoms with Crippen LogP contribution >= 0.6 is 23.5 Å². The Kier molecular flexibility index (Phi) is 4.82. The van der Waals surface area contributed by atoms with Crippen LogP contribution in [0.4, 0.5) is 0 Å². The van der Waals surface area contributed by atoms with E-state index < -0.39 is 0 Å². The molecule has 0 heterocycles. The Hall–Kier alpha value is -2.68. The number of hydrogen-bond acceptors (Lipinski definition) is 2. The summed E-state index contributed by atoms with van der Waals surface area (Å²) in [6, 6.07) is 39.0. The lowest BCUT2D eigenvalue weighted by Crippen LogP contribution is -1.83. The van der Waals surface area contributed by atoms with E-state index in [1.165, 1.54) is 41.1 Å². The van der Waals surface area contributed by atoms with Crippen LogP contribution in [0.1, 0.15) is 0 Å². The predicted molar refractivity (Wildman–Crippen MR) is 123 cm³/mol. The lowest BCUT2D eigenvalue weighted by Gasteiger charge is -2.11. The number of benzene rings is 5. The van der Waals surface area contributed by atoms with Crippen molar-refractivity contribution in [1.82, 2.24) is 0 Å². The van der Waals surface area contributed by atoms with E-state index in [2.05, 4.69) is 109 Å². The van der Waals surface area contributed by atoms with Gasteiger partial charge in [-0.2, -0.15) is 0 Å². The SMILES string of the molecule is c1ccc(Sc2cccc3cc4cccc(Sc5ccccc5)c4cc23)cc1. The maximum Gasteiger partial charge on any atom is 0.0201 e. The second-order valence-corrected chi connectivity index (χ2v) is 8.87. The maximum absolute atomic E-state index is 2.36. The molecule has 134 valence electrons. The Morgan fingerprint density at radius 3 is 1.32 bits per heavy atom. The monoisotopic (exact) mass is 394 g/mol. The minimum absolute atomic E-state index is 1.27. The van der Waals surface area contributed by atoms with Crippen LogP contribution < -0.4 is 0 Å². The van der Waals surface area contributed by atoms with Gasteiger partial charge in [0.25, 0.3) is 0 Å². The fourth-order valence-electron chi connectivity index (χ4n) is 3.40. The van der Waals surface area contributed by atoms with Crippen molar-refractivity contribution in [3.05, 3.63) is 109 Å². The van der Waals surface area contributed by atoms with Gasteiger partial charge in [-0.3, -0.25) is 0 Å². The molecular formula is C26H18S2. The molecule has 5 aromatic carbocycles. The first-order chi connectivity index (χ1) is 13.9. The van der Waals surface area contributed by atoms with Gasteiger partial charge in [-0.05, 0) is 70.1 Å². The molecule has 0 aromatic heterocycles. The van der Waals surface area contributed by atoms with Crippen LogP contribution in [0.3, 0.4) is 0 Å². The first-order valence-electron chi connectivity index (χ1n) is 9.28. The third kappa shape index (κ3) is 3.54. The Bertz CT molecular complexity index is 1150. The smallest absolute Gasteiger partial charge is 0.0201 e. The van der Waals surface area contributed by atoms with Crippen LogP contribution in [0.2, 0.25) is 0 Å². The quantitative estimate of drug-likeness (QED) is 0.281. The highest BCUT2D eigenvalue weighted by Gasteiger charge is 2.08. The van der Waals surface area contributed by atoms with E-state index in [1.807, 2.05) is 23.5 Å². The van der Waals surface area contributed by atoms with Gasteiger partial charge in [0.05, 0.1) is 0 Å². The summed E-state index contributed by atoms with van der Waals surface area (Å²) in [4.78, 5) is 5.12. The van der Waals surface area contributed by atoms with E-state index in [0.29, 0.717) is 0 Å². The average Bonchev–Trinajstić information content (AvgIpc) is 2.75. The van der Waals surface area contributed by atoms with Crippen molar-refractivity contribution in [2.75, 3.05) is 0 Å². The largest absolute Gasteiger partial charge is 0.0895 e. The summed E-state index contributed by atoms with van der Waals surface area (Å²) in [6.45, 7) is 0. The number of hydrogen-bond donors (Lipinski definition) is 0. The molecule has 0 bridgehead atoms. The van der Waals surface area contributed by atoms with Crippen LogP contribution in [-0.4, -0.2) is 0 Å². The minimum atomic E-state index is 1.27. The number of rotatable bonds is 4. The molecule has 0 aliphatic rings. The molecule has 2 heteroatoms. The Balaban J connectivity index is 1.64. The molecule has 0 saturated carbocycles. The molecule has 0 N–H and O–H groups in total. The van der Waals surface area contributed by atoms with Crippen molar-refractivity contribution in [3.63, 3.8) is 0 Å². The molecule has 0 nitrogen and oxygen atoms in total. The maximum atomic E-state index is 2.36. The lowest BCUT2D eigenvalue weighted by atomic mass is 10.0. The van der Waals surface area contributed by atoms with Gasteiger partial charge in [-0.25, -0.2) is 0 Å². The summed E-state index contributed by atoms with van der Waals surface area (Å²) in [6.07, 6.45) is 0. The van der Waals surface area contributed by atoms with Crippen molar-refractivity contribution in [2.24, 2.45) is 0 Å². The summed E-state index contributed by atoms with van der Waals surface area (Å²) in [5.41, 5.74) is 0. The highest BCUT2D eigenvalue weighted by atomic mass is 32.2. The summed E-state index contributed by atoms with van der Waals surface area (Å²) >= 11 is 3.66. The molecule has 0 spiro atoms. The summed E-state index contributed by atoms with van der Waals surface area (Å²) < 4.78 is 0. The standard InChI is InChI=1S/C26H18S2/c1-3-11-21(12-4-1)27-25-15-7-9-19-17-20-10-8-16-26(24(20)18-23(19)25)28-22-13-5-2-6-14-22/h1-18H. The summed E-state index contributed by atoms with van der Waals surface area (Å²) in [5.74, 6) is 0. The Morgan fingerprint density at radius 1 is 0.393 bits per heavy atom. The second kappa shape index (κ2) is 7.75. The van der Waals surface area contributed by atoms with Crippen LogP contribution in [0, 0.1) is 0 Å². The van der Waals surface area contributed by atoms with E-state index >= 15 is 0 Å². The third-order valence-corrected chi connectivity index (χ3v) is 6.91. The van der Waals surface area contributed by atoms with Crippen LogP contribution in [0.5, 0.6) is 0 Å². The zero-order valence-electron chi connectivity index (χ0n) is 15.2. The van der Waals surface area contributed by atoms with Crippen molar-refractivity contribution in [3.8, 4) is 0 Å². The van der Waals surface area contributed by atoms with Gasteiger partial charge in [-0.1, -0.05) is 84.2 Å². The molecule has 0 radical (unpaired) electrons. The minimum Gasteiger partial charge on any atom is -0.0895 e. The Morgan fingerprint density at radius 2 is 0.857 bits per heavy atom. The van der Waals surface area contributed by atoms with E-state index in [0.717, 1.165) is 0 Å². The second-order valence-electron chi connectivity index (χ2n) is 6.64. The zero-order chi connectivity index (χ0) is 18.8. The van der Waals surface area contributed by atoms with Gasteiger partial charge >= 0.3 is 0 Å². The van der Waals surface area contributed by atoms with Gasteiger partial charge in [-0.15, -0.1) is 0 Å². The molecule has 0 saturated heterocycles. The average molecular weight is 395 g/mol. The van der Waals surface area contributed by atoms with Gasteiger partial charge in [0.15, 0.2) is 0 Å². The van der Waals surface area contributed by atoms with Crippen LogP contribution in [0.15, 0.2) is 129 Å². The molecule has 0 aliphatic carbocycles. The Labute approximate surface area is 173 Å². The number of fused-ring (bicyclic) bond motifs is 2. The predicted octanol–water partition coefficient (Wildman–Crippen LogP) is 8.30. The lowest BCUT2D eigenvalue weighted by molar-refractivity contribution is 1.43. The fraction of sp³-hybridized carbons (Fsp3) is 0. The van der Waals surface area contributed by atoms with Crippen LogP contribution in [-0.2, 0) is 0 Å². The summed E-state index contributed by atoms with van der Waals surface area (Å²) in [7, 11) is 0. The van der Waals surface area contributed by atoms with Gasteiger partial charge in [0, 0.05) is 19.6 Å². The van der Waals surface area contributed by atoms with E-state index in [1.54, 1.807) is 0 Å². The van der Waals surface area contributed by atoms with Gasteiger partial charge in [0.1, 0.15) is 0 Å². The van der Waals surface area contributed by atoms with Gasteiger partial charge < -0.3 is 0 Å². The molecule has 0 unspecified atom stereocenters. The molecule has 0 aliphatic heterocycles. The van der Waals surface area contributed by atoms with Crippen molar-refractivity contribution >= 4 is 45.1 Å². The van der Waals surface area contributed by atoms with E-state index in [-0.39, 0.29) is 0 Å². The highest BCUT2D eigenvalue weighted by Crippen LogP contribution is 2.39. The first kappa shape index (κ1) is 17.4. The first-order valence-corrected chi connectivity index (χ1v) is 10.9.